The molecule has 26 heavy (non-hydrogen) atoms. The molecule has 0 spiro atoms. The van der Waals surface area contributed by atoms with Gasteiger partial charge in [0.15, 0.2) is 0 Å². The highest BCUT2D eigenvalue weighted by Crippen LogP contribution is 2.17. The number of aromatic nitrogens is 1. The minimum absolute atomic E-state index is 0.248. The minimum atomic E-state index is -0.300. The third-order valence-corrected chi connectivity index (χ3v) is 3.99. The van der Waals surface area contributed by atoms with Gasteiger partial charge in [0, 0.05) is 29.1 Å². The number of nitrogens with zero attached hydrogens (tertiary/aromatic N) is 1. The van der Waals surface area contributed by atoms with Crippen LogP contribution < -0.4 is 10.6 Å². The Bertz CT molecular complexity index is 882. The van der Waals surface area contributed by atoms with E-state index in [2.05, 4.69) is 15.6 Å². The molecular formula is C20H17ClFN3O. The summed E-state index contributed by atoms with van der Waals surface area (Å²) in [5.41, 5.74) is 2.84. The maximum absolute atomic E-state index is 13.0. The lowest BCUT2D eigenvalue weighted by Gasteiger charge is -2.09. The SMILES string of the molecule is O=C(NCCc1ccc(Cl)cc1)c1cc(Nc2ccc(F)cc2)ccn1. The van der Waals surface area contributed by atoms with Gasteiger partial charge < -0.3 is 10.6 Å². The van der Waals surface area contributed by atoms with Crippen molar-refractivity contribution < 1.29 is 9.18 Å². The lowest BCUT2D eigenvalue weighted by molar-refractivity contribution is 0.0949. The van der Waals surface area contributed by atoms with Crippen molar-refractivity contribution in [1.82, 2.24) is 10.3 Å². The molecule has 0 atom stereocenters. The van der Waals surface area contributed by atoms with Gasteiger partial charge in [-0.15, -0.1) is 0 Å². The number of hydrogen-bond donors (Lipinski definition) is 2. The van der Waals surface area contributed by atoms with Gasteiger partial charge in [0.1, 0.15) is 11.5 Å². The highest BCUT2D eigenvalue weighted by atomic mass is 35.5. The summed E-state index contributed by atoms with van der Waals surface area (Å²) in [6.45, 7) is 0.498. The first-order chi connectivity index (χ1) is 12.6. The van der Waals surface area contributed by atoms with Crippen LogP contribution in [0.4, 0.5) is 15.8 Å². The van der Waals surface area contributed by atoms with E-state index in [0.717, 1.165) is 11.3 Å². The number of anilines is 2. The fourth-order valence-corrected chi connectivity index (χ4v) is 2.52. The van der Waals surface area contributed by atoms with Crippen molar-refractivity contribution in [3.63, 3.8) is 0 Å². The largest absolute Gasteiger partial charge is 0.355 e. The number of carbonyl (C=O) groups is 1. The number of pyridine rings is 1. The van der Waals surface area contributed by atoms with E-state index in [0.29, 0.717) is 29.4 Å². The number of halogens is 2. The van der Waals surface area contributed by atoms with Crippen LogP contribution in [0.25, 0.3) is 0 Å². The van der Waals surface area contributed by atoms with Gasteiger partial charge in [0.05, 0.1) is 0 Å². The second-order valence-electron chi connectivity index (χ2n) is 5.69. The normalized spacial score (nSPS) is 10.4. The molecule has 3 aromatic rings. The topological polar surface area (TPSA) is 54.0 Å². The maximum atomic E-state index is 13.0. The minimum Gasteiger partial charge on any atom is -0.355 e. The first-order valence-electron chi connectivity index (χ1n) is 8.11. The summed E-state index contributed by atoms with van der Waals surface area (Å²) in [4.78, 5) is 16.4. The van der Waals surface area contributed by atoms with Crippen LogP contribution in [0, 0.1) is 5.82 Å². The van der Waals surface area contributed by atoms with Crippen molar-refractivity contribution in [2.75, 3.05) is 11.9 Å². The molecule has 0 fully saturated rings. The van der Waals surface area contributed by atoms with E-state index in [1.54, 1.807) is 30.5 Å². The Labute approximate surface area is 156 Å². The molecule has 0 bridgehead atoms. The predicted octanol–water partition coefficient (Wildman–Crippen LogP) is 4.59. The van der Waals surface area contributed by atoms with E-state index in [1.165, 1.54) is 12.1 Å². The van der Waals surface area contributed by atoms with Crippen LogP contribution in [0.3, 0.4) is 0 Å². The number of rotatable bonds is 6. The zero-order valence-electron chi connectivity index (χ0n) is 13.9. The van der Waals surface area contributed by atoms with Gasteiger partial charge in [-0.1, -0.05) is 23.7 Å². The smallest absolute Gasteiger partial charge is 0.269 e. The molecule has 1 heterocycles. The first kappa shape index (κ1) is 17.9. The standard InChI is InChI=1S/C20H17ClFN3O/c21-15-3-1-14(2-4-15)9-11-24-20(26)19-13-18(10-12-23-19)25-17-7-5-16(22)6-8-17/h1-8,10,12-13H,9,11H2,(H,23,25)(H,24,26). The average molecular weight is 370 g/mol. The zero-order chi connectivity index (χ0) is 18.4. The van der Waals surface area contributed by atoms with Gasteiger partial charge in [-0.05, 0) is 60.5 Å². The Morgan fingerprint density at radius 3 is 2.46 bits per heavy atom. The molecule has 1 aromatic heterocycles. The second-order valence-corrected chi connectivity index (χ2v) is 6.13. The van der Waals surface area contributed by atoms with E-state index in [-0.39, 0.29) is 11.7 Å². The quantitative estimate of drug-likeness (QED) is 0.668. The van der Waals surface area contributed by atoms with Crippen LogP contribution >= 0.6 is 11.6 Å². The summed E-state index contributed by atoms with van der Waals surface area (Å²) in [6, 6.07) is 16.9. The molecule has 0 saturated carbocycles. The van der Waals surface area contributed by atoms with Crippen molar-refractivity contribution in [3.8, 4) is 0 Å². The molecule has 0 aliphatic carbocycles. The van der Waals surface area contributed by atoms with Crippen LogP contribution in [0.5, 0.6) is 0 Å². The van der Waals surface area contributed by atoms with E-state index >= 15 is 0 Å². The summed E-state index contributed by atoms with van der Waals surface area (Å²) in [5.74, 6) is -0.548. The van der Waals surface area contributed by atoms with Gasteiger partial charge >= 0.3 is 0 Å². The van der Waals surface area contributed by atoms with Crippen molar-refractivity contribution >= 4 is 28.9 Å². The molecule has 4 nitrogen and oxygen atoms in total. The molecule has 3 rings (SSSR count). The zero-order valence-corrected chi connectivity index (χ0v) is 14.6. The number of benzene rings is 2. The summed E-state index contributed by atoms with van der Waals surface area (Å²) < 4.78 is 13.0. The predicted molar refractivity (Wildman–Crippen MR) is 101 cm³/mol. The van der Waals surface area contributed by atoms with Crippen LogP contribution in [-0.2, 0) is 6.42 Å². The molecule has 0 radical (unpaired) electrons. The van der Waals surface area contributed by atoms with Crippen molar-refractivity contribution in [3.05, 3.63) is 89.0 Å². The van der Waals surface area contributed by atoms with Gasteiger partial charge in [-0.2, -0.15) is 0 Å². The lowest BCUT2D eigenvalue weighted by atomic mass is 10.1. The third kappa shape index (κ3) is 5.04. The third-order valence-electron chi connectivity index (χ3n) is 3.74. The van der Waals surface area contributed by atoms with Crippen molar-refractivity contribution in [2.45, 2.75) is 6.42 Å². The van der Waals surface area contributed by atoms with Crippen molar-refractivity contribution in [1.29, 1.82) is 0 Å². The monoisotopic (exact) mass is 369 g/mol. The molecule has 2 aromatic carbocycles. The van der Waals surface area contributed by atoms with E-state index in [9.17, 15) is 9.18 Å². The maximum Gasteiger partial charge on any atom is 0.269 e. The molecule has 6 heteroatoms. The Morgan fingerprint density at radius 2 is 1.73 bits per heavy atom. The molecule has 132 valence electrons. The molecule has 2 N–H and O–H groups in total. The lowest BCUT2D eigenvalue weighted by Crippen LogP contribution is -2.26. The summed E-state index contributed by atoms with van der Waals surface area (Å²) >= 11 is 5.85. The van der Waals surface area contributed by atoms with Crippen LogP contribution in [0.1, 0.15) is 16.1 Å². The second kappa shape index (κ2) is 8.45. The number of carbonyl (C=O) groups excluding carboxylic acids is 1. The van der Waals surface area contributed by atoms with Crippen LogP contribution in [0.15, 0.2) is 66.9 Å². The average Bonchev–Trinajstić information content (AvgIpc) is 2.65. The highest BCUT2D eigenvalue weighted by molar-refractivity contribution is 6.30. The molecule has 0 unspecified atom stereocenters. The Kier molecular flexibility index (Phi) is 5.81. The van der Waals surface area contributed by atoms with Crippen LogP contribution in [0.2, 0.25) is 5.02 Å². The number of amides is 1. The van der Waals surface area contributed by atoms with Gasteiger partial charge in [-0.25, -0.2) is 4.39 Å². The van der Waals surface area contributed by atoms with E-state index in [1.807, 2.05) is 24.3 Å². The Balaban J connectivity index is 1.57. The van der Waals surface area contributed by atoms with Gasteiger partial charge in [-0.3, -0.25) is 9.78 Å². The Morgan fingerprint density at radius 1 is 1.00 bits per heavy atom. The Hall–Kier alpha value is -2.92. The molecule has 0 aliphatic rings. The molecule has 1 amide bonds. The van der Waals surface area contributed by atoms with Gasteiger partial charge in [0.25, 0.3) is 5.91 Å². The molecular weight excluding hydrogens is 353 g/mol. The number of nitrogens with one attached hydrogen (secondary N) is 2. The first-order valence-corrected chi connectivity index (χ1v) is 8.49. The fourth-order valence-electron chi connectivity index (χ4n) is 2.39. The number of hydrogen-bond acceptors (Lipinski definition) is 3. The highest BCUT2D eigenvalue weighted by Gasteiger charge is 2.08. The van der Waals surface area contributed by atoms with Crippen molar-refractivity contribution in [2.24, 2.45) is 0 Å². The van der Waals surface area contributed by atoms with Crippen LogP contribution in [-0.4, -0.2) is 17.4 Å². The van der Waals surface area contributed by atoms with E-state index < -0.39 is 0 Å². The fraction of sp³-hybridized carbons (Fsp3) is 0.100. The summed E-state index contributed by atoms with van der Waals surface area (Å²) in [5, 5.41) is 6.65. The summed E-state index contributed by atoms with van der Waals surface area (Å²) in [6.07, 6.45) is 2.26. The summed E-state index contributed by atoms with van der Waals surface area (Å²) in [7, 11) is 0. The van der Waals surface area contributed by atoms with E-state index in [4.69, 9.17) is 11.6 Å². The van der Waals surface area contributed by atoms with Gasteiger partial charge in [0.2, 0.25) is 0 Å². The molecule has 0 aliphatic heterocycles. The molecule has 0 saturated heterocycles.